The quantitative estimate of drug-likeness (QED) is 0.437. The van der Waals surface area contributed by atoms with Crippen molar-refractivity contribution in [3.05, 3.63) is 48.0 Å². The van der Waals surface area contributed by atoms with Crippen molar-refractivity contribution < 1.29 is 4.79 Å². The van der Waals surface area contributed by atoms with Crippen molar-refractivity contribution in [3.8, 4) is 0 Å². The third-order valence-electron chi connectivity index (χ3n) is 3.31. The van der Waals surface area contributed by atoms with Gasteiger partial charge in [0.25, 0.3) is 0 Å². The molecule has 1 amide bonds. The van der Waals surface area contributed by atoms with Crippen LogP contribution in [0.2, 0.25) is 0 Å². The number of hydrogen-bond acceptors (Lipinski definition) is 1. The van der Waals surface area contributed by atoms with Crippen molar-refractivity contribution >= 4 is 39.3 Å². The molecule has 1 N–H and O–H groups in total. The molecule has 0 saturated carbocycles. The maximum atomic E-state index is 11.9. The molecule has 2 aromatic rings. The third-order valence-corrected chi connectivity index (χ3v) is 4.07. The largest absolute Gasteiger partial charge is 0.356 e. The Labute approximate surface area is 134 Å². The van der Waals surface area contributed by atoms with Crippen molar-refractivity contribution in [1.29, 1.82) is 0 Å². The van der Waals surface area contributed by atoms with Crippen LogP contribution in [0, 0.1) is 0 Å². The molecule has 3 heteroatoms. The van der Waals surface area contributed by atoms with Crippen LogP contribution in [0.4, 0.5) is 0 Å². The Bertz CT molecular complexity index is 568. The molecule has 0 saturated heterocycles. The van der Waals surface area contributed by atoms with E-state index in [0.717, 1.165) is 18.5 Å². The van der Waals surface area contributed by atoms with Gasteiger partial charge in [-0.1, -0.05) is 71.5 Å². The van der Waals surface area contributed by atoms with Crippen LogP contribution in [0.15, 0.2) is 42.5 Å². The van der Waals surface area contributed by atoms with Crippen molar-refractivity contribution in [1.82, 2.24) is 5.32 Å². The number of nitrogens with one attached hydrogen (secondary N) is 1. The molecule has 0 unspecified atom stereocenters. The van der Waals surface area contributed by atoms with Gasteiger partial charge in [0.1, 0.15) is 0 Å². The van der Waals surface area contributed by atoms with Crippen molar-refractivity contribution in [2.45, 2.75) is 25.7 Å². The summed E-state index contributed by atoms with van der Waals surface area (Å²) in [4.78, 5) is 11.9. The molecule has 0 aliphatic heterocycles. The van der Waals surface area contributed by atoms with Gasteiger partial charge in [0, 0.05) is 6.54 Å². The first-order chi connectivity index (χ1) is 9.79. The second-order valence-electron chi connectivity index (χ2n) is 4.96. The number of rotatable bonds is 7. The van der Waals surface area contributed by atoms with Crippen molar-refractivity contribution in [2.75, 3.05) is 11.0 Å². The van der Waals surface area contributed by atoms with Gasteiger partial charge < -0.3 is 5.32 Å². The van der Waals surface area contributed by atoms with Gasteiger partial charge in [0.15, 0.2) is 0 Å². The van der Waals surface area contributed by atoms with Crippen LogP contribution >= 0.6 is 22.6 Å². The molecule has 0 aliphatic carbocycles. The first-order valence-corrected chi connectivity index (χ1v) is 8.62. The molecule has 2 aromatic carbocycles. The van der Waals surface area contributed by atoms with Gasteiger partial charge in [0.05, 0.1) is 6.42 Å². The zero-order chi connectivity index (χ0) is 14.2. The third kappa shape index (κ3) is 4.78. The average Bonchev–Trinajstić information content (AvgIpc) is 2.47. The smallest absolute Gasteiger partial charge is 0.224 e. The van der Waals surface area contributed by atoms with Crippen LogP contribution < -0.4 is 5.32 Å². The van der Waals surface area contributed by atoms with Crippen LogP contribution in [0.1, 0.15) is 24.8 Å². The molecular weight excluding hydrogens is 361 g/mol. The Hall–Kier alpha value is -1.10. The van der Waals surface area contributed by atoms with E-state index < -0.39 is 0 Å². The molecule has 2 rings (SSSR count). The lowest BCUT2D eigenvalue weighted by molar-refractivity contribution is -0.120. The van der Waals surface area contributed by atoms with Gasteiger partial charge in [-0.2, -0.15) is 0 Å². The number of carbonyl (C=O) groups is 1. The normalized spacial score (nSPS) is 10.7. The van der Waals surface area contributed by atoms with Crippen LogP contribution in [0.3, 0.4) is 0 Å². The zero-order valence-electron chi connectivity index (χ0n) is 11.6. The predicted octanol–water partition coefficient (Wildman–Crippen LogP) is 4.10. The minimum atomic E-state index is 0.120. The lowest BCUT2D eigenvalue weighted by Gasteiger charge is -2.06. The number of amides is 1. The molecule has 20 heavy (non-hydrogen) atoms. The zero-order valence-corrected chi connectivity index (χ0v) is 13.7. The number of alkyl halides is 1. The van der Waals surface area contributed by atoms with E-state index in [1.54, 1.807) is 0 Å². The van der Waals surface area contributed by atoms with Crippen LogP contribution in [-0.4, -0.2) is 16.9 Å². The summed E-state index contributed by atoms with van der Waals surface area (Å²) in [6.07, 6.45) is 3.98. The second kappa shape index (κ2) is 8.25. The molecule has 2 nitrogen and oxygen atoms in total. The maximum Gasteiger partial charge on any atom is 0.224 e. The summed E-state index contributed by atoms with van der Waals surface area (Å²) < 4.78 is 1.20. The van der Waals surface area contributed by atoms with Crippen LogP contribution in [-0.2, 0) is 11.2 Å². The maximum absolute atomic E-state index is 11.9. The summed E-state index contributed by atoms with van der Waals surface area (Å²) in [5.74, 6) is 0.120. The molecule has 106 valence electrons. The fourth-order valence-electron chi connectivity index (χ4n) is 2.22. The Balaban J connectivity index is 1.83. The number of fused-ring (bicyclic) bond motifs is 1. The van der Waals surface area contributed by atoms with E-state index >= 15 is 0 Å². The lowest BCUT2D eigenvalue weighted by atomic mass is 10.0. The van der Waals surface area contributed by atoms with E-state index in [4.69, 9.17) is 0 Å². The Morgan fingerprint density at radius 2 is 1.80 bits per heavy atom. The Morgan fingerprint density at radius 3 is 2.60 bits per heavy atom. The van der Waals surface area contributed by atoms with Crippen LogP contribution in [0.25, 0.3) is 10.8 Å². The number of unbranched alkanes of at least 4 members (excludes halogenated alkanes) is 2. The van der Waals surface area contributed by atoms with Gasteiger partial charge in [-0.3, -0.25) is 4.79 Å². The number of hydrogen-bond donors (Lipinski definition) is 1. The highest BCUT2D eigenvalue weighted by atomic mass is 127. The van der Waals surface area contributed by atoms with E-state index in [0.29, 0.717) is 6.42 Å². The van der Waals surface area contributed by atoms with E-state index in [9.17, 15) is 4.79 Å². The summed E-state index contributed by atoms with van der Waals surface area (Å²) in [6.45, 7) is 0.795. The first-order valence-electron chi connectivity index (χ1n) is 7.10. The molecule has 0 aliphatic rings. The van der Waals surface area contributed by atoms with Crippen molar-refractivity contribution in [2.24, 2.45) is 0 Å². The van der Waals surface area contributed by atoms with Gasteiger partial charge in [0.2, 0.25) is 5.91 Å². The predicted molar refractivity (Wildman–Crippen MR) is 93.4 cm³/mol. The SMILES string of the molecule is O=C(Cc1ccc2ccccc2c1)NCCCCCI. The number of benzene rings is 2. The molecule has 0 aromatic heterocycles. The highest BCUT2D eigenvalue weighted by molar-refractivity contribution is 14.1. The standard InChI is InChI=1S/C17H20INO/c18-10-4-1-5-11-19-17(20)13-14-8-9-15-6-2-3-7-16(15)12-14/h2-3,6-9,12H,1,4-5,10-11,13H2,(H,19,20). The van der Waals surface area contributed by atoms with E-state index in [2.05, 4.69) is 52.2 Å². The Morgan fingerprint density at radius 1 is 1.00 bits per heavy atom. The lowest BCUT2D eigenvalue weighted by Crippen LogP contribution is -2.26. The molecule has 0 heterocycles. The van der Waals surface area contributed by atoms with E-state index in [1.807, 2.05) is 18.2 Å². The van der Waals surface area contributed by atoms with Gasteiger partial charge in [-0.25, -0.2) is 0 Å². The van der Waals surface area contributed by atoms with Gasteiger partial charge in [-0.15, -0.1) is 0 Å². The van der Waals surface area contributed by atoms with E-state index in [1.165, 1.54) is 28.0 Å². The summed E-state index contributed by atoms with van der Waals surface area (Å²) in [6, 6.07) is 14.5. The minimum absolute atomic E-state index is 0.120. The summed E-state index contributed by atoms with van der Waals surface area (Å²) >= 11 is 2.39. The van der Waals surface area contributed by atoms with E-state index in [-0.39, 0.29) is 5.91 Å². The molecule has 0 fully saturated rings. The number of carbonyl (C=O) groups excluding carboxylic acids is 1. The van der Waals surface area contributed by atoms with Crippen LogP contribution in [0.5, 0.6) is 0 Å². The number of halogens is 1. The summed E-state index contributed by atoms with van der Waals surface area (Å²) in [5.41, 5.74) is 1.08. The fraction of sp³-hybridized carbons (Fsp3) is 0.353. The highest BCUT2D eigenvalue weighted by Gasteiger charge is 2.03. The Kier molecular flexibility index (Phi) is 6.30. The highest BCUT2D eigenvalue weighted by Crippen LogP contribution is 2.15. The molecule has 0 radical (unpaired) electrons. The second-order valence-corrected chi connectivity index (χ2v) is 6.04. The molecule has 0 atom stereocenters. The average molecular weight is 381 g/mol. The fourth-order valence-corrected chi connectivity index (χ4v) is 2.76. The summed E-state index contributed by atoms with van der Waals surface area (Å²) in [7, 11) is 0. The molecule has 0 bridgehead atoms. The topological polar surface area (TPSA) is 29.1 Å². The summed E-state index contributed by atoms with van der Waals surface area (Å²) in [5, 5.41) is 5.41. The van der Waals surface area contributed by atoms with Gasteiger partial charge >= 0.3 is 0 Å². The molecule has 0 spiro atoms. The first kappa shape index (κ1) is 15.3. The monoisotopic (exact) mass is 381 g/mol. The van der Waals surface area contributed by atoms with Crippen molar-refractivity contribution in [3.63, 3.8) is 0 Å². The van der Waals surface area contributed by atoms with Gasteiger partial charge in [-0.05, 0) is 33.6 Å². The molecular formula is C17H20INO. The minimum Gasteiger partial charge on any atom is -0.356 e.